The maximum atomic E-state index is 4.22. The molecular formula is C16H18N4S. The van der Waals surface area contributed by atoms with Gasteiger partial charge in [0.05, 0.1) is 6.04 Å². The van der Waals surface area contributed by atoms with Crippen LogP contribution < -0.4 is 5.32 Å². The summed E-state index contributed by atoms with van der Waals surface area (Å²) in [6, 6.07) is 12.8. The summed E-state index contributed by atoms with van der Waals surface area (Å²) in [7, 11) is 1.96. The second-order valence-corrected chi connectivity index (χ2v) is 5.91. The highest BCUT2D eigenvalue weighted by Gasteiger charge is 2.14. The van der Waals surface area contributed by atoms with Crippen molar-refractivity contribution in [2.24, 2.45) is 7.05 Å². The average molecular weight is 298 g/mol. The molecule has 2 heterocycles. The first-order valence-corrected chi connectivity index (χ1v) is 7.91. The molecule has 0 saturated carbocycles. The number of nitrogens with one attached hydrogen (secondary N) is 1. The molecule has 0 aliphatic rings. The second-order valence-electron chi connectivity index (χ2n) is 4.93. The SMILES string of the molecule is CCC(Nc1ccccc1-c1nncn1C)c1cccs1. The van der Waals surface area contributed by atoms with Crippen LogP contribution >= 0.6 is 11.3 Å². The van der Waals surface area contributed by atoms with Crippen LogP contribution in [0.5, 0.6) is 0 Å². The number of rotatable bonds is 5. The van der Waals surface area contributed by atoms with Crippen molar-refractivity contribution < 1.29 is 0 Å². The van der Waals surface area contributed by atoms with Crippen LogP contribution in [0.3, 0.4) is 0 Å². The Kier molecular flexibility index (Phi) is 4.01. The number of thiophene rings is 1. The number of aryl methyl sites for hydroxylation is 1. The number of benzene rings is 1. The minimum Gasteiger partial charge on any atom is -0.377 e. The van der Waals surface area contributed by atoms with Crippen molar-refractivity contribution >= 4 is 17.0 Å². The molecule has 0 radical (unpaired) electrons. The molecule has 0 saturated heterocycles. The van der Waals surface area contributed by atoms with Crippen LogP contribution in [-0.2, 0) is 7.05 Å². The fraction of sp³-hybridized carbons (Fsp3) is 0.250. The molecule has 5 heteroatoms. The third-order valence-corrected chi connectivity index (χ3v) is 4.49. The zero-order valence-corrected chi connectivity index (χ0v) is 13.0. The molecule has 4 nitrogen and oxygen atoms in total. The maximum absolute atomic E-state index is 4.22. The summed E-state index contributed by atoms with van der Waals surface area (Å²) >= 11 is 1.79. The number of anilines is 1. The van der Waals surface area contributed by atoms with Crippen molar-refractivity contribution in [1.29, 1.82) is 0 Å². The lowest BCUT2D eigenvalue weighted by Gasteiger charge is -2.19. The number of para-hydroxylation sites is 1. The fourth-order valence-electron chi connectivity index (χ4n) is 2.38. The Bertz CT molecular complexity index is 703. The first-order valence-electron chi connectivity index (χ1n) is 7.03. The molecule has 0 amide bonds. The summed E-state index contributed by atoms with van der Waals surface area (Å²) in [4.78, 5) is 1.35. The third-order valence-electron chi connectivity index (χ3n) is 3.50. The van der Waals surface area contributed by atoms with E-state index >= 15 is 0 Å². The standard InChI is InChI=1S/C16H18N4S/c1-3-13(15-9-6-10-21-15)18-14-8-5-4-7-12(14)16-19-17-11-20(16)2/h4-11,13,18H,3H2,1-2H3. The van der Waals surface area contributed by atoms with Crippen LogP contribution in [0.4, 0.5) is 5.69 Å². The van der Waals surface area contributed by atoms with Crippen LogP contribution in [0.2, 0.25) is 0 Å². The predicted molar refractivity (Wildman–Crippen MR) is 87.4 cm³/mol. The molecule has 0 spiro atoms. The predicted octanol–water partition coefficient (Wildman–Crippen LogP) is 4.11. The van der Waals surface area contributed by atoms with Gasteiger partial charge in [-0.15, -0.1) is 21.5 Å². The van der Waals surface area contributed by atoms with Gasteiger partial charge in [0.2, 0.25) is 0 Å². The Balaban J connectivity index is 1.94. The molecule has 1 atom stereocenters. The van der Waals surface area contributed by atoms with Crippen LogP contribution in [0.1, 0.15) is 24.3 Å². The molecule has 1 N–H and O–H groups in total. The molecule has 1 unspecified atom stereocenters. The van der Waals surface area contributed by atoms with E-state index in [-0.39, 0.29) is 0 Å². The number of hydrogen-bond acceptors (Lipinski definition) is 4. The molecule has 0 aliphatic heterocycles. The highest BCUT2D eigenvalue weighted by Crippen LogP contribution is 2.31. The topological polar surface area (TPSA) is 42.7 Å². The maximum Gasteiger partial charge on any atom is 0.165 e. The van der Waals surface area contributed by atoms with E-state index in [0.29, 0.717) is 6.04 Å². The normalized spacial score (nSPS) is 12.3. The Hall–Kier alpha value is -2.14. The Morgan fingerprint density at radius 1 is 1.24 bits per heavy atom. The van der Waals surface area contributed by atoms with E-state index in [1.54, 1.807) is 17.7 Å². The van der Waals surface area contributed by atoms with E-state index in [1.165, 1.54) is 4.88 Å². The largest absolute Gasteiger partial charge is 0.377 e. The summed E-state index contributed by atoms with van der Waals surface area (Å²) in [6.45, 7) is 2.20. The van der Waals surface area contributed by atoms with Gasteiger partial charge in [0.1, 0.15) is 6.33 Å². The smallest absolute Gasteiger partial charge is 0.165 e. The van der Waals surface area contributed by atoms with Crippen molar-refractivity contribution in [3.63, 3.8) is 0 Å². The van der Waals surface area contributed by atoms with E-state index < -0.39 is 0 Å². The molecule has 21 heavy (non-hydrogen) atoms. The zero-order chi connectivity index (χ0) is 14.7. The van der Waals surface area contributed by atoms with Crippen LogP contribution in [0, 0.1) is 0 Å². The number of hydrogen-bond donors (Lipinski definition) is 1. The highest BCUT2D eigenvalue weighted by atomic mass is 32.1. The Morgan fingerprint density at radius 3 is 2.76 bits per heavy atom. The quantitative estimate of drug-likeness (QED) is 0.771. The van der Waals surface area contributed by atoms with Gasteiger partial charge in [-0.1, -0.05) is 25.1 Å². The minimum atomic E-state index is 0.319. The van der Waals surface area contributed by atoms with Crippen LogP contribution in [0.15, 0.2) is 48.1 Å². The molecule has 1 aromatic carbocycles. The van der Waals surface area contributed by atoms with E-state index in [9.17, 15) is 0 Å². The molecule has 108 valence electrons. The second kappa shape index (κ2) is 6.10. The summed E-state index contributed by atoms with van der Waals surface area (Å²) < 4.78 is 1.94. The van der Waals surface area contributed by atoms with Gasteiger partial charge in [0.25, 0.3) is 0 Å². The van der Waals surface area contributed by atoms with Gasteiger partial charge in [-0.25, -0.2) is 0 Å². The molecule has 0 fully saturated rings. The van der Waals surface area contributed by atoms with Gasteiger partial charge in [-0.05, 0) is 30.0 Å². The Morgan fingerprint density at radius 2 is 2.10 bits per heavy atom. The van der Waals surface area contributed by atoms with Gasteiger partial charge in [-0.2, -0.15) is 0 Å². The van der Waals surface area contributed by atoms with Gasteiger partial charge >= 0.3 is 0 Å². The molecule has 2 aromatic heterocycles. The summed E-state index contributed by atoms with van der Waals surface area (Å²) in [6.07, 6.45) is 2.76. The van der Waals surface area contributed by atoms with Crippen molar-refractivity contribution in [2.75, 3.05) is 5.32 Å². The zero-order valence-electron chi connectivity index (χ0n) is 12.2. The Labute approximate surface area is 128 Å². The van der Waals surface area contributed by atoms with E-state index in [4.69, 9.17) is 0 Å². The summed E-state index contributed by atoms with van der Waals surface area (Å²) in [5.74, 6) is 0.874. The third kappa shape index (κ3) is 2.83. The van der Waals surface area contributed by atoms with Crippen LogP contribution in [-0.4, -0.2) is 14.8 Å². The highest BCUT2D eigenvalue weighted by molar-refractivity contribution is 7.10. The number of nitrogens with zero attached hydrogens (tertiary/aromatic N) is 3. The fourth-order valence-corrected chi connectivity index (χ4v) is 3.24. The molecule has 3 rings (SSSR count). The van der Waals surface area contributed by atoms with E-state index in [2.05, 4.69) is 52.1 Å². The number of aromatic nitrogens is 3. The first-order chi connectivity index (χ1) is 10.3. The molecule has 0 bridgehead atoms. The van der Waals surface area contributed by atoms with Crippen molar-refractivity contribution in [2.45, 2.75) is 19.4 Å². The van der Waals surface area contributed by atoms with Crippen LogP contribution in [0.25, 0.3) is 11.4 Å². The minimum absolute atomic E-state index is 0.319. The lowest BCUT2D eigenvalue weighted by Crippen LogP contribution is -2.09. The molecule has 0 aliphatic carbocycles. The summed E-state index contributed by atoms with van der Waals surface area (Å²) in [5.41, 5.74) is 2.17. The monoisotopic (exact) mass is 298 g/mol. The van der Waals surface area contributed by atoms with Crippen molar-refractivity contribution in [3.8, 4) is 11.4 Å². The van der Waals surface area contributed by atoms with E-state index in [1.807, 2.05) is 23.7 Å². The lowest BCUT2D eigenvalue weighted by molar-refractivity contribution is 0.764. The summed E-state index contributed by atoms with van der Waals surface area (Å²) in [5, 5.41) is 14.0. The van der Waals surface area contributed by atoms with E-state index in [0.717, 1.165) is 23.5 Å². The molecule has 3 aromatic rings. The molecular weight excluding hydrogens is 280 g/mol. The van der Waals surface area contributed by atoms with Crippen molar-refractivity contribution in [1.82, 2.24) is 14.8 Å². The average Bonchev–Trinajstić information content (AvgIpc) is 3.16. The van der Waals surface area contributed by atoms with Crippen molar-refractivity contribution in [3.05, 3.63) is 53.0 Å². The lowest BCUT2D eigenvalue weighted by atomic mass is 10.1. The van der Waals surface area contributed by atoms with Gasteiger partial charge in [-0.3, -0.25) is 0 Å². The van der Waals surface area contributed by atoms with Gasteiger partial charge in [0.15, 0.2) is 5.82 Å². The first kappa shape index (κ1) is 13.8. The van der Waals surface area contributed by atoms with Gasteiger partial charge in [0, 0.05) is 23.2 Å². The van der Waals surface area contributed by atoms with Gasteiger partial charge < -0.3 is 9.88 Å².